The summed E-state index contributed by atoms with van der Waals surface area (Å²) < 4.78 is 50.8. The molecule has 0 spiro atoms. The molecule has 0 saturated carbocycles. The Balaban J connectivity index is 3.29. The van der Waals surface area contributed by atoms with E-state index in [1.165, 1.54) is 31.1 Å². The van der Waals surface area contributed by atoms with Gasteiger partial charge in [-0.1, -0.05) is 12.1 Å². The second-order valence-corrected chi connectivity index (χ2v) is 6.50. The summed E-state index contributed by atoms with van der Waals surface area (Å²) in [6.07, 6.45) is -2.57. The van der Waals surface area contributed by atoms with Crippen LogP contribution in [0, 0.1) is 0 Å². The van der Waals surface area contributed by atoms with Crippen LogP contribution < -0.4 is 10.6 Å². The molecule has 0 radical (unpaired) electrons. The van der Waals surface area contributed by atoms with Crippen LogP contribution >= 0.6 is 0 Å². The van der Waals surface area contributed by atoms with Gasteiger partial charge in [-0.15, -0.1) is 0 Å². The summed E-state index contributed by atoms with van der Waals surface area (Å²) in [5.74, 6) is 0. The maximum Gasteiger partial charge on any atom is 0.255 e. The monoisotopic (exact) mass is 307 g/mol. The van der Waals surface area contributed by atoms with Gasteiger partial charge in [0.05, 0.1) is 12.2 Å². The van der Waals surface area contributed by atoms with Crippen molar-refractivity contribution in [2.45, 2.75) is 11.3 Å². The molecule has 0 aliphatic heterocycles. The highest BCUT2D eigenvalue weighted by Crippen LogP contribution is 2.27. The number of hydrogen-bond acceptors (Lipinski definition) is 4. The third-order valence-corrected chi connectivity index (χ3v) is 4.58. The number of hydrogen-bond donors (Lipinski definition) is 1. The van der Waals surface area contributed by atoms with Crippen molar-refractivity contribution in [2.75, 3.05) is 38.6 Å². The van der Waals surface area contributed by atoms with E-state index in [0.29, 0.717) is 0 Å². The van der Waals surface area contributed by atoms with Gasteiger partial charge in [0.25, 0.3) is 6.43 Å². The first-order valence-corrected chi connectivity index (χ1v) is 7.49. The number of sulfonamides is 1. The van der Waals surface area contributed by atoms with Gasteiger partial charge in [-0.05, 0) is 12.1 Å². The quantitative estimate of drug-likeness (QED) is 0.815. The van der Waals surface area contributed by atoms with Gasteiger partial charge < -0.3 is 10.6 Å². The van der Waals surface area contributed by atoms with Crippen LogP contribution in [-0.4, -0.2) is 52.9 Å². The van der Waals surface area contributed by atoms with Crippen molar-refractivity contribution in [3.05, 3.63) is 24.3 Å². The van der Waals surface area contributed by atoms with Crippen LogP contribution in [0.5, 0.6) is 0 Å². The Bertz CT molecular complexity index is 535. The number of halogens is 2. The lowest BCUT2D eigenvalue weighted by Gasteiger charge is -2.26. The SMILES string of the molecule is CN(C)S(=O)(=O)c1ccccc1N(CCN)CC(F)F. The van der Waals surface area contributed by atoms with Gasteiger partial charge in [0.1, 0.15) is 4.90 Å². The summed E-state index contributed by atoms with van der Waals surface area (Å²) in [5.41, 5.74) is 5.66. The first-order chi connectivity index (χ1) is 9.30. The maximum atomic E-state index is 12.6. The van der Waals surface area contributed by atoms with Crippen molar-refractivity contribution in [1.29, 1.82) is 0 Å². The molecule has 0 unspecified atom stereocenters. The fourth-order valence-electron chi connectivity index (χ4n) is 1.77. The molecule has 1 rings (SSSR count). The molecule has 5 nitrogen and oxygen atoms in total. The fourth-order valence-corrected chi connectivity index (χ4v) is 2.87. The molecule has 0 amide bonds. The number of rotatable bonds is 7. The molecule has 0 saturated heterocycles. The van der Waals surface area contributed by atoms with E-state index in [1.807, 2.05) is 0 Å². The Kier molecular flexibility index (Phi) is 5.85. The lowest BCUT2D eigenvalue weighted by molar-refractivity contribution is 0.155. The van der Waals surface area contributed by atoms with E-state index in [1.54, 1.807) is 12.1 Å². The molecule has 0 heterocycles. The van der Waals surface area contributed by atoms with Gasteiger partial charge in [0.15, 0.2) is 0 Å². The average Bonchev–Trinajstić information content (AvgIpc) is 2.37. The van der Waals surface area contributed by atoms with Crippen molar-refractivity contribution in [3.63, 3.8) is 0 Å². The largest absolute Gasteiger partial charge is 0.363 e. The fraction of sp³-hybridized carbons (Fsp3) is 0.500. The predicted octanol–water partition coefficient (Wildman–Crippen LogP) is 0.967. The van der Waals surface area contributed by atoms with Crippen molar-refractivity contribution in [1.82, 2.24) is 4.31 Å². The van der Waals surface area contributed by atoms with E-state index < -0.39 is 23.0 Å². The molecule has 0 aliphatic rings. The Labute approximate surface area is 118 Å². The predicted molar refractivity (Wildman–Crippen MR) is 74.6 cm³/mol. The Morgan fingerprint density at radius 3 is 2.35 bits per heavy atom. The molecule has 0 fully saturated rings. The van der Waals surface area contributed by atoms with Crippen molar-refractivity contribution >= 4 is 15.7 Å². The standard InChI is InChI=1S/C12H19F2N3O2S/c1-16(2)20(18,19)11-6-4-3-5-10(11)17(8-7-15)9-12(13)14/h3-6,12H,7-9,15H2,1-2H3. The maximum absolute atomic E-state index is 12.6. The molecule has 1 aromatic rings. The van der Waals surface area contributed by atoms with Crippen LogP contribution in [0.15, 0.2) is 29.2 Å². The van der Waals surface area contributed by atoms with Crippen LogP contribution in [0.2, 0.25) is 0 Å². The van der Waals surface area contributed by atoms with Crippen molar-refractivity contribution in [3.8, 4) is 0 Å². The number of anilines is 1. The third kappa shape index (κ3) is 3.87. The zero-order valence-electron chi connectivity index (χ0n) is 11.5. The Morgan fingerprint density at radius 1 is 1.25 bits per heavy atom. The molecule has 20 heavy (non-hydrogen) atoms. The van der Waals surface area contributed by atoms with E-state index in [-0.39, 0.29) is 23.7 Å². The van der Waals surface area contributed by atoms with Crippen molar-refractivity contribution < 1.29 is 17.2 Å². The molecular weight excluding hydrogens is 288 g/mol. The molecule has 0 aliphatic carbocycles. The number of nitrogens with zero attached hydrogens (tertiary/aromatic N) is 2. The number of para-hydroxylation sites is 1. The van der Waals surface area contributed by atoms with Crippen LogP contribution in [-0.2, 0) is 10.0 Å². The summed E-state index contributed by atoms with van der Waals surface area (Å²) in [5, 5.41) is 0. The Hall–Kier alpha value is -1.25. The number of alkyl halides is 2. The van der Waals surface area contributed by atoms with E-state index in [9.17, 15) is 17.2 Å². The molecular formula is C12H19F2N3O2S. The van der Waals surface area contributed by atoms with Crippen LogP contribution in [0.4, 0.5) is 14.5 Å². The topological polar surface area (TPSA) is 66.6 Å². The Morgan fingerprint density at radius 2 is 1.85 bits per heavy atom. The molecule has 0 bridgehead atoms. The highest BCUT2D eigenvalue weighted by atomic mass is 32.2. The summed E-state index contributed by atoms with van der Waals surface area (Å²) >= 11 is 0. The minimum atomic E-state index is -3.70. The lowest BCUT2D eigenvalue weighted by atomic mass is 10.3. The van der Waals surface area contributed by atoms with Gasteiger partial charge in [0, 0.05) is 27.2 Å². The van der Waals surface area contributed by atoms with E-state index in [0.717, 1.165) is 4.31 Å². The average molecular weight is 307 g/mol. The van der Waals surface area contributed by atoms with Gasteiger partial charge in [-0.3, -0.25) is 0 Å². The van der Waals surface area contributed by atoms with Gasteiger partial charge in [0.2, 0.25) is 10.0 Å². The first kappa shape index (κ1) is 16.8. The molecule has 114 valence electrons. The summed E-state index contributed by atoms with van der Waals surface area (Å²) in [6.45, 7) is -0.246. The summed E-state index contributed by atoms with van der Waals surface area (Å²) in [6, 6.07) is 6.08. The molecule has 2 N–H and O–H groups in total. The lowest BCUT2D eigenvalue weighted by Crippen LogP contribution is -2.35. The van der Waals surface area contributed by atoms with E-state index in [4.69, 9.17) is 5.73 Å². The molecule has 0 aromatic heterocycles. The van der Waals surface area contributed by atoms with Crippen LogP contribution in [0.1, 0.15) is 0 Å². The highest BCUT2D eigenvalue weighted by molar-refractivity contribution is 7.89. The summed E-state index contributed by atoms with van der Waals surface area (Å²) in [7, 11) is -0.910. The van der Waals surface area contributed by atoms with E-state index in [2.05, 4.69) is 0 Å². The summed E-state index contributed by atoms with van der Waals surface area (Å²) in [4.78, 5) is 1.29. The minimum absolute atomic E-state index is 0.000833. The van der Waals surface area contributed by atoms with Crippen LogP contribution in [0.3, 0.4) is 0 Å². The van der Waals surface area contributed by atoms with Gasteiger partial charge >= 0.3 is 0 Å². The van der Waals surface area contributed by atoms with E-state index >= 15 is 0 Å². The third-order valence-electron chi connectivity index (χ3n) is 2.72. The second-order valence-electron chi connectivity index (χ2n) is 4.38. The van der Waals surface area contributed by atoms with Gasteiger partial charge in [-0.25, -0.2) is 21.5 Å². The first-order valence-electron chi connectivity index (χ1n) is 6.05. The molecule has 8 heteroatoms. The molecule has 0 atom stereocenters. The normalized spacial score (nSPS) is 12.2. The number of nitrogens with two attached hydrogens (primary N) is 1. The highest BCUT2D eigenvalue weighted by Gasteiger charge is 2.24. The van der Waals surface area contributed by atoms with Crippen LogP contribution in [0.25, 0.3) is 0 Å². The smallest absolute Gasteiger partial charge is 0.255 e. The van der Waals surface area contributed by atoms with Crippen molar-refractivity contribution in [2.24, 2.45) is 5.73 Å². The zero-order chi connectivity index (χ0) is 15.3. The molecule has 1 aromatic carbocycles. The van der Waals surface area contributed by atoms with Gasteiger partial charge in [-0.2, -0.15) is 0 Å². The zero-order valence-corrected chi connectivity index (χ0v) is 12.3. The second kappa shape index (κ2) is 6.96. The number of benzene rings is 1. The minimum Gasteiger partial charge on any atom is -0.363 e.